The maximum atomic E-state index is 10.1. The van der Waals surface area contributed by atoms with Crippen LogP contribution >= 0.6 is 0 Å². The predicted octanol–water partition coefficient (Wildman–Crippen LogP) is 5.98. The number of ether oxygens (including phenoxy) is 1. The Morgan fingerprint density at radius 1 is 1.00 bits per heavy atom. The molecule has 3 nitrogen and oxygen atoms in total. The van der Waals surface area contributed by atoms with Crippen LogP contribution in [0.25, 0.3) is 22.3 Å². The molecule has 0 spiro atoms. The van der Waals surface area contributed by atoms with Gasteiger partial charge in [-0.1, -0.05) is 31.2 Å². The number of aliphatic hydroxyl groups is 1. The average Bonchev–Trinajstić information content (AvgIpc) is 2.95. The molecule has 1 heterocycles. The molecule has 3 aromatic rings. The maximum absolute atomic E-state index is 10.1. The molecule has 0 unspecified atom stereocenters. The van der Waals surface area contributed by atoms with Crippen molar-refractivity contribution in [1.29, 1.82) is 0 Å². The van der Waals surface area contributed by atoms with Crippen LogP contribution in [0, 0.1) is 0 Å². The van der Waals surface area contributed by atoms with Crippen molar-refractivity contribution in [2.24, 2.45) is 0 Å². The van der Waals surface area contributed by atoms with Gasteiger partial charge in [0.05, 0.1) is 5.60 Å². The zero-order valence-electron chi connectivity index (χ0n) is 16.3. The van der Waals surface area contributed by atoms with Crippen molar-refractivity contribution in [1.82, 2.24) is 0 Å². The van der Waals surface area contributed by atoms with E-state index in [1.165, 1.54) is 5.56 Å². The molecule has 0 fully saturated rings. The molecule has 0 saturated carbocycles. The van der Waals surface area contributed by atoms with E-state index >= 15 is 0 Å². The van der Waals surface area contributed by atoms with Crippen molar-refractivity contribution < 1.29 is 14.3 Å². The van der Waals surface area contributed by atoms with E-state index in [9.17, 15) is 5.11 Å². The molecule has 0 atom stereocenters. The minimum absolute atomic E-state index is 0.476. The number of benzene rings is 2. The third-order valence-corrected chi connectivity index (χ3v) is 4.41. The summed E-state index contributed by atoms with van der Waals surface area (Å²) in [7, 11) is 0. The van der Waals surface area contributed by atoms with Crippen LogP contribution in [0.4, 0.5) is 0 Å². The SMILES string of the molecule is CCc1ccccc1-c1cc2ccc(OC(C)(C)CC(C)(C)O)cc2o1. The lowest BCUT2D eigenvalue weighted by molar-refractivity contribution is -0.0106. The van der Waals surface area contributed by atoms with Crippen LogP contribution in [0.15, 0.2) is 52.9 Å². The third-order valence-electron chi connectivity index (χ3n) is 4.41. The first kappa shape index (κ1) is 18.5. The lowest BCUT2D eigenvalue weighted by Gasteiger charge is -2.32. The van der Waals surface area contributed by atoms with Gasteiger partial charge in [-0.05, 0) is 57.9 Å². The maximum Gasteiger partial charge on any atom is 0.138 e. The molecule has 0 aliphatic heterocycles. The van der Waals surface area contributed by atoms with Crippen LogP contribution in [0.5, 0.6) is 5.75 Å². The fourth-order valence-electron chi connectivity index (χ4n) is 3.67. The summed E-state index contributed by atoms with van der Waals surface area (Å²) in [5.41, 5.74) is 1.96. The second kappa shape index (κ2) is 6.81. The van der Waals surface area contributed by atoms with E-state index in [4.69, 9.17) is 9.15 Å². The van der Waals surface area contributed by atoms with Gasteiger partial charge in [-0.15, -0.1) is 0 Å². The molecule has 0 amide bonds. The second-order valence-corrected chi connectivity index (χ2v) is 8.17. The van der Waals surface area contributed by atoms with Gasteiger partial charge in [0.1, 0.15) is 22.7 Å². The summed E-state index contributed by atoms with van der Waals surface area (Å²) in [4.78, 5) is 0. The Labute approximate surface area is 155 Å². The summed E-state index contributed by atoms with van der Waals surface area (Å²) in [6.07, 6.45) is 1.50. The fraction of sp³-hybridized carbons (Fsp3) is 0.391. The number of hydrogen-bond donors (Lipinski definition) is 1. The van der Waals surface area contributed by atoms with Crippen LogP contribution in [0.1, 0.15) is 46.6 Å². The van der Waals surface area contributed by atoms with Gasteiger partial charge in [0.2, 0.25) is 0 Å². The molecule has 0 aliphatic carbocycles. The Kier molecular flexibility index (Phi) is 4.85. The number of rotatable bonds is 6. The molecule has 0 saturated heterocycles. The van der Waals surface area contributed by atoms with Gasteiger partial charge in [-0.3, -0.25) is 0 Å². The normalized spacial score (nSPS) is 12.5. The van der Waals surface area contributed by atoms with Gasteiger partial charge in [0.15, 0.2) is 0 Å². The molecule has 0 bridgehead atoms. The summed E-state index contributed by atoms with van der Waals surface area (Å²) in [5.74, 6) is 1.63. The highest BCUT2D eigenvalue weighted by molar-refractivity contribution is 5.84. The van der Waals surface area contributed by atoms with Gasteiger partial charge in [0, 0.05) is 23.4 Å². The average molecular weight is 352 g/mol. The highest BCUT2D eigenvalue weighted by Crippen LogP contribution is 2.34. The van der Waals surface area contributed by atoms with Gasteiger partial charge < -0.3 is 14.3 Å². The topological polar surface area (TPSA) is 42.6 Å². The van der Waals surface area contributed by atoms with Crippen LogP contribution in [-0.4, -0.2) is 16.3 Å². The minimum Gasteiger partial charge on any atom is -0.488 e. The van der Waals surface area contributed by atoms with Crippen molar-refractivity contribution in [2.75, 3.05) is 0 Å². The smallest absolute Gasteiger partial charge is 0.138 e. The van der Waals surface area contributed by atoms with Gasteiger partial charge >= 0.3 is 0 Å². The lowest BCUT2D eigenvalue weighted by Crippen LogP contribution is -2.37. The zero-order valence-corrected chi connectivity index (χ0v) is 16.3. The van der Waals surface area contributed by atoms with Crippen LogP contribution in [0.2, 0.25) is 0 Å². The lowest BCUT2D eigenvalue weighted by atomic mass is 9.92. The Bertz CT molecular complexity index is 897. The molecular formula is C23H28O3. The number of aryl methyl sites for hydroxylation is 1. The molecule has 1 N–H and O–H groups in total. The fourth-order valence-corrected chi connectivity index (χ4v) is 3.67. The molecule has 1 aromatic heterocycles. The van der Waals surface area contributed by atoms with Crippen molar-refractivity contribution in [3.8, 4) is 17.1 Å². The molecule has 2 aromatic carbocycles. The summed E-state index contributed by atoms with van der Waals surface area (Å²) in [6.45, 7) is 9.72. The highest BCUT2D eigenvalue weighted by atomic mass is 16.5. The first-order valence-corrected chi connectivity index (χ1v) is 9.20. The molecule has 3 heteroatoms. The quantitative estimate of drug-likeness (QED) is 0.593. The predicted molar refractivity (Wildman–Crippen MR) is 107 cm³/mol. The number of hydrogen-bond acceptors (Lipinski definition) is 3. The van der Waals surface area contributed by atoms with E-state index in [2.05, 4.69) is 31.2 Å². The Hall–Kier alpha value is -2.26. The Morgan fingerprint density at radius 3 is 2.42 bits per heavy atom. The number of furan rings is 1. The highest BCUT2D eigenvalue weighted by Gasteiger charge is 2.28. The Morgan fingerprint density at radius 2 is 1.73 bits per heavy atom. The minimum atomic E-state index is -0.782. The molecule has 0 radical (unpaired) electrons. The van der Waals surface area contributed by atoms with Crippen molar-refractivity contribution in [3.63, 3.8) is 0 Å². The van der Waals surface area contributed by atoms with Gasteiger partial charge in [-0.2, -0.15) is 0 Å². The molecule has 26 heavy (non-hydrogen) atoms. The second-order valence-electron chi connectivity index (χ2n) is 8.17. The van der Waals surface area contributed by atoms with Gasteiger partial charge in [0.25, 0.3) is 0 Å². The largest absolute Gasteiger partial charge is 0.488 e. The Balaban J connectivity index is 1.90. The van der Waals surface area contributed by atoms with E-state index in [0.29, 0.717) is 6.42 Å². The molecular weight excluding hydrogens is 324 g/mol. The van der Waals surface area contributed by atoms with Crippen LogP contribution in [0.3, 0.4) is 0 Å². The van der Waals surface area contributed by atoms with E-state index in [1.807, 2.05) is 38.1 Å². The summed E-state index contributed by atoms with van der Waals surface area (Å²) in [5, 5.41) is 11.1. The standard InChI is InChI=1S/C23H28O3/c1-6-16-9-7-8-10-19(16)21-13-17-11-12-18(14-20(17)25-21)26-23(4,5)15-22(2,3)24/h7-14,24H,6,15H2,1-5H3. The van der Waals surface area contributed by atoms with Crippen molar-refractivity contribution >= 4 is 11.0 Å². The van der Waals surface area contributed by atoms with E-state index in [0.717, 1.165) is 34.5 Å². The summed E-state index contributed by atoms with van der Waals surface area (Å²) >= 11 is 0. The van der Waals surface area contributed by atoms with Crippen LogP contribution in [-0.2, 0) is 6.42 Å². The van der Waals surface area contributed by atoms with Crippen molar-refractivity contribution in [3.05, 3.63) is 54.1 Å². The molecule has 138 valence electrons. The summed E-state index contributed by atoms with van der Waals surface area (Å²) in [6, 6.07) is 16.3. The van der Waals surface area contributed by atoms with Crippen molar-refractivity contribution in [2.45, 2.75) is 58.7 Å². The van der Waals surface area contributed by atoms with E-state index in [-0.39, 0.29) is 0 Å². The first-order valence-electron chi connectivity index (χ1n) is 9.20. The van der Waals surface area contributed by atoms with E-state index in [1.54, 1.807) is 13.8 Å². The van der Waals surface area contributed by atoms with Gasteiger partial charge in [-0.25, -0.2) is 0 Å². The first-order chi connectivity index (χ1) is 12.2. The molecule has 3 rings (SSSR count). The van der Waals surface area contributed by atoms with E-state index < -0.39 is 11.2 Å². The number of fused-ring (bicyclic) bond motifs is 1. The third kappa shape index (κ3) is 4.28. The summed E-state index contributed by atoms with van der Waals surface area (Å²) < 4.78 is 12.2. The van der Waals surface area contributed by atoms with Crippen LogP contribution < -0.4 is 4.74 Å². The zero-order chi connectivity index (χ0) is 18.9. The molecule has 0 aliphatic rings. The monoisotopic (exact) mass is 352 g/mol.